The third-order valence-electron chi connectivity index (χ3n) is 3.64. The summed E-state index contributed by atoms with van der Waals surface area (Å²) >= 11 is 0. The third kappa shape index (κ3) is 4.66. The Hall–Kier alpha value is -1.08. The van der Waals surface area contributed by atoms with Gasteiger partial charge in [-0.1, -0.05) is 19.8 Å². The van der Waals surface area contributed by atoms with E-state index in [4.69, 9.17) is 5.26 Å². The molecule has 0 aromatic heterocycles. The molecule has 1 fully saturated rings. The Balaban J connectivity index is 2.30. The minimum Gasteiger partial charge on any atom is -0.353 e. The molecule has 1 aliphatic heterocycles. The monoisotopic (exact) mass is 251 g/mol. The lowest BCUT2D eigenvalue weighted by Crippen LogP contribution is -2.45. The van der Waals surface area contributed by atoms with Crippen LogP contribution in [0, 0.1) is 17.2 Å². The molecule has 4 heteroatoms. The molecule has 102 valence electrons. The SMILES string of the molecule is CCCC(C#N)C(=O)NCC(C)N1CCCCC1. The van der Waals surface area contributed by atoms with Crippen molar-refractivity contribution in [1.82, 2.24) is 10.2 Å². The van der Waals surface area contributed by atoms with Crippen LogP contribution in [0.1, 0.15) is 46.0 Å². The first-order chi connectivity index (χ1) is 8.69. The van der Waals surface area contributed by atoms with E-state index < -0.39 is 5.92 Å². The van der Waals surface area contributed by atoms with Gasteiger partial charge in [-0.15, -0.1) is 0 Å². The molecule has 4 nitrogen and oxygen atoms in total. The van der Waals surface area contributed by atoms with Crippen LogP contribution in [0.2, 0.25) is 0 Å². The summed E-state index contributed by atoms with van der Waals surface area (Å²) in [6.45, 7) is 7.06. The summed E-state index contributed by atoms with van der Waals surface area (Å²) in [7, 11) is 0. The predicted octanol–water partition coefficient (Wildman–Crippen LogP) is 1.92. The molecular weight excluding hydrogens is 226 g/mol. The van der Waals surface area contributed by atoms with Crippen molar-refractivity contribution < 1.29 is 4.79 Å². The van der Waals surface area contributed by atoms with Gasteiger partial charge in [-0.25, -0.2) is 0 Å². The van der Waals surface area contributed by atoms with E-state index in [0.29, 0.717) is 19.0 Å². The summed E-state index contributed by atoms with van der Waals surface area (Å²) < 4.78 is 0. The third-order valence-corrected chi connectivity index (χ3v) is 3.64. The average Bonchev–Trinajstić information content (AvgIpc) is 2.42. The van der Waals surface area contributed by atoms with Crippen molar-refractivity contribution in [3.8, 4) is 6.07 Å². The number of amides is 1. The smallest absolute Gasteiger partial charge is 0.237 e. The van der Waals surface area contributed by atoms with Crippen LogP contribution in [0.4, 0.5) is 0 Å². The second kappa shape index (κ2) is 8.10. The van der Waals surface area contributed by atoms with E-state index in [0.717, 1.165) is 19.5 Å². The first-order valence-corrected chi connectivity index (χ1v) is 7.10. The Labute approximate surface area is 110 Å². The lowest BCUT2D eigenvalue weighted by Gasteiger charge is -2.32. The molecule has 0 aliphatic carbocycles. The largest absolute Gasteiger partial charge is 0.353 e. The van der Waals surface area contributed by atoms with Gasteiger partial charge < -0.3 is 5.32 Å². The van der Waals surface area contributed by atoms with Gasteiger partial charge in [0.05, 0.1) is 6.07 Å². The molecule has 1 rings (SSSR count). The molecule has 2 unspecified atom stereocenters. The highest BCUT2D eigenvalue weighted by molar-refractivity contribution is 5.80. The molecule has 0 radical (unpaired) electrons. The Kier molecular flexibility index (Phi) is 6.74. The van der Waals surface area contributed by atoms with E-state index in [1.54, 1.807) is 0 Å². The highest BCUT2D eigenvalue weighted by Crippen LogP contribution is 2.11. The molecule has 1 heterocycles. The van der Waals surface area contributed by atoms with Gasteiger partial charge in [0.25, 0.3) is 0 Å². The van der Waals surface area contributed by atoms with E-state index in [-0.39, 0.29) is 5.91 Å². The first-order valence-electron chi connectivity index (χ1n) is 7.10. The van der Waals surface area contributed by atoms with Crippen LogP contribution in [-0.4, -0.2) is 36.5 Å². The number of nitrogens with one attached hydrogen (secondary N) is 1. The summed E-state index contributed by atoms with van der Waals surface area (Å²) in [6.07, 6.45) is 5.36. The number of hydrogen-bond donors (Lipinski definition) is 1. The molecular formula is C14H25N3O. The number of carbonyl (C=O) groups excluding carboxylic acids is 1. The number of nitrogens with zero attached hydrogens (tertiary/aromatic N) is 2. The molecule has 18 heavy (non-hydrogen) atoms. The molecule has 0 saturated carbocycles. The number of carbonyl (C=O) groups is 1. The Morgan fingerprint density at radius 3 is 2.61 bits per heavy atom. The van der Waals surface area contributed by atoms with Gasteiger partial charge in [-0.3, -0.25) is 9.69 Å². The fraction of sp³-hybridized carbons (Fsp3) is 0.857. The Morgan fingerprint density at radius 2 is 2.06 bits per heavy atom. The lowest BCUT2D eigenvalue weighted by atomic mass is 10.0. The van der Waals surface area contributed by atoms with Gasteiger partial charge in [0.2, 0.25) is 5.91 Å². The van der Waals surface area contributed by atoms with Crippen LogP contribution in [-0.2, 0) is 4.79 Å². The standard InChI is InChI=1S/C14H25N3O/c1-3-7-13(10-15)14(18)16-11-12(2)17-8-5-4-6-9-17/h12-13H,3-9,11H2,1-2H3,(H,16,18). The summed E-state index contributed by atoms with van der Waals surface area (Å²) in [5.74, 6) is -0.591. The minimum atomic E-state index is -0.483. The molecule has 1 aliphatic rings. The second-order valence-corrected chi connectivity index (χ2v) is 5.16. The Bertz CT molecular complexity index is 292. The van der Waals surface area contributed by atoms with Gasteiger partial charge in [0.15, 0.2) is 0 Å². The lowest BCUT2D eigenvalue weighted by molar-refractivity contribution is -0.123. The van der Waals surface area contributed by atoms with Crippen LogP contribution in [0.25, 0.3) is 0 Å². The maximum Gasteiger partial charge on any atom is 0.237 e. The molecule has 1 amide bonds. The fourth-order valence-electron chi connectivity index (χ4n) is 2.40. The zero-order valence-corrected chi connectivity index (χ0v) is 11.6. The zero-order valence-electron chi connectivity index (χ0n) is 11.6. The number of piperidine rings is 1. The minimum absolute atomic E-state index is 0.108. The molecule has 1 N–H and O–H groups in total. The number of nitriles is 1. The summed E-state index contributed by atoms with van der Waals surface area (Å²) in [6, 6.07) is 2.45. The number of likely N-dealkylation sites (tertiary alicyclic amines) is 1. The van der Waals surface area contributed by atoms with E-state index in [9.17, 15) is 4.79 Å². The summed E-state index contributed by atoms with van der Waals surface area (Å²) in [5, 5.41) is 11.8. The van der Waals surface area contributed by atoms with E-state index in [2.05, 4.69) is 23.2 Å². The van der Waals surface area contributed by atoms with Gasteiger partial charge >= 0.3 is 0 Å². The van der Waals surface area contributed by atoms with Gasteiger partial charge in [0, 0.05) is 12.6 Å². The summed E-state index contributed by atoms with van der Waals surface area (Å²) in [5.41, 5.74) is 0. The van der Waals surface area contributed by atoms with Gasteiger partial charge in [0.1, 0.15) is 5.92 Å². The van der Waals surface area contributed by atoms with Crippen molar-refractivity contribution in [2.24, 2.45) is 5.92 Å². The van der Waals surface area contributed by atoms with Crippen molar-refractivity contribution in [3.63, 3.8) is 0 Å². The fourth-order valence-corrected chi connectivity index (χ4v) is 2.40. The number of rotatable bonds is 6. The quantitative estimate of drug-likeness (QED) is 0.784. The van der Waals surface area contributed by atoms with E-state index in [1.165, 1.54) is 19.3 Å². The van der Waals surface area contributed by atoms with Crippen LogP contribution in [0.15, 0.2) is 0 Å². The maximum atomic E-state index is 11.8. The zero-order chi connectivity index (χ0) is 13.4. The molecule has 0 aromatic carbocycles. The normalized spacial score (nSPS) is 19.8. The van der Waals surface area contributed by atoms with Crippen molar-refractivity contribution in [1.29, 1.82) is 5.26 Å². The van der Waals surface area contributed by atoms with Crippen molar-refractivity contribution in [2.75, 3.05) is 19.6 Å². The first kappa shape index (κ1) is 15.0. The van der Waals surface area contributed by atoms with Gasteiger partial charge in [-0.2, -0.15) is 5.26 Å². The predicted molar refractivity (Wildman–Crippen MR) is 71.9 cm³/mol. The molecule has 0 aromatic rings. The van der Waals surface area contributed by atoms with Gasteiger partial charge in [-0.05, 0) is 39.3 Å². The Morgan fingerprint density at radius 1 is 1.39 bits per heavy atom. The van der Waals surface area contributed by atoms with Crippen molar-refractivity contribution >= 4 is 5.91 Å². The highest BCUT2D eigenvalue weighted by atomic mass is 16.1. The average molecular weight is 251 g/mol. The maximum absolute atomic E-state index is 11.8. The molecule has 0 spiro atoms. The van der Waals surface area contributed by atoms with E-state index >= 15 is 0 Å². The van der Waals surface area contributed by atoms with E-state index in [1.807, 2.05) is 6.92 Å². The topological polar surface area (TPSA) is 56.1 Å². The van der Waals surface area contributed by atoms with Crippen LogP contribution in [0.5, 0.6) is 0 Å². The summed E-state index contributed by atoms with van der Waals surface area (Å²) in [4.78, 5) is 14.2. The highest BCUT2D eigenvalue weighted by Gasteiger charge is 2.20. The second-order valence-electron chi connectivity index (χ2n) is 5.16. The van der Waals surface area contributed by atoms with Crippen LogP contribution < -0.4 is 5.32 Å². The molecule has 0 bridgehead atoms. The molecule has 1 saturated heterocycles. The molecule has 2 atom stereocenters. The van der Waals surface area contributed by atoms with Crippen LogP contribution >= 0.6 is 0 Å². The van der Waals surface area contributed by atoms with Crippen molar-refractivity contribution in [2.45, 2.75) is 52.0 Å². The number of hydrogen-bond acceptors (Lipinski definition) is 3. The van der Waals surface area contributed by atoms with Crippen LogP contribution in [0.3, 0.4) is 0 Å². The van der Waals surface area contributed by atoms with Crippen molar-refractivity contribution in [3.05, 3.63) is 0 Å².